The molecule has 0 bridgehead atoms. The molecule has 0 aromatic carbocycles. The second kappa shape index (κ2) is 5.90. The molecule has 0 spiro atoms. The number of aromatic amines is 1. The van der Waals surface area contributed by atoms with Crippen LogP contribution in [0.2, 0.25) is 0 Å². The van der Waals surface area contributed by atoms with Crippen LogP contribution in [0.25, 0.3) is 10.2 Å². The highest BCUT2D eigenvalue weighted by Gasteiger charge is 2.30. The van der Waals surface area contributed by atoms with Gasteiger partial charge in [-0.3, -0.25) is 18.9 Å². The minimum absolute atomic E-state index is 0.0478. The van der Waals surface area contributed by atoms with E-state index < -0.39 is 0 Å². The molecule has 0 saturated heterocycles. The summed E-state index contributed by atoms with van der Waals surface area (Å²) in [4.78, 5) is 41.4. The van der Waals surface area contributed by atoms with Crippen molar-refractivity contribution < 1.29 is 0 Å². The predicted octanol–water partition coefficient (Wildman–Crippen LogP) is 0.841. The minimum Gasteiger partial charge on any atom is -0.308 e. The molecule has 0 aliphatic heterocycles. The van der Waals surface area contributed by atoms with Gasteiger partial charge in [-0.25, -0.2) is 14.3 Å². The Morgan fingerprint density at radius 2 is 2.12 bits per heavy atom. The van der Waals surface area contributed by atoms with E-state index in [1.165, 1.54) is 31.5 Å². The minimum atomic E-state index is -0.360. The van der Waals surface area contributed by atoms with E-state index in [1.807, 2.05) is 6.92 Å². The molecule has 3 aromatic heterocycles. The van der Waals surface area contributed by atoms with Gasteiger partial charge in [-0.05, 0) is 32.3 Å². The second-order valence-electron chi connectivity index (χ2n) is 6.64. The molecule has 1 saturated carbocycles. The summed E-state index contributed by atoms with van der Waals surface area (Å²) in [7, 11) is 0. The summed E-state index contributed by atoms with van der Waals surface area (Å²) in [6, 6.07) is -0.0478. The number of hydrogen-bond acceptors (Lipinski definition) is 6. The van der Waals surface area contributed by atoms with Gasteiger partial charge in [-0.15, -0.1) is 11.3 Å². The van der Waals surface area contributed by atoms with E-state index in [0.29, 0.717) is 15.9 Å². The van der Waals surface area contributed by atoms with Crippen LogP contribution in [0.3, 0.4) is 0 Å². The molecule has 1 aliphatic rings. The fraction of sp³-hybridized carbons (Fsp3) is 0.438. The van der Waals surface area contributed by atoms with Crippen molar-refractivity contribution in [3.05, 3.63) is 48.1 Å². The molecule has 10 heteroatoms. The van der Waals surface area contributed by atoms with Gasteiger partial charge < -0.3 is 5.41 Å². The average Bonchev–Trinajstić information content (AvgIpc) is 3.24. The summed E-state index contributed by atoms with van der Waals surface area (Å²) in [6.07, 6.45) is 2.96. The highest BCUT2D eigenvalue weighted by Crippen LogP contribution is 2.34. The lowest BCUT2D eigenvalue weighted by atomic mass is 10.2. The fourth-order valence-electron chi connectivity index (χ4n) is 3.12. The standard InChI is InChI=1S/C16H18N6O3S/c1-8(17)5-20-14-12(13(23)22(16(20)25)10-3-4-10)9(2)11(26-14)6-21-15(24)18-7-19-21/h7,10,17H,3-6H2,1-2H3,(H,18,19,24). The van der Waals surface area contributed by atoms with Crippen molar-refractivity contribution in [3.8, 4) is 0 Å². The first kappa shape index (κ1) is 16.7. The SMILES string of the molecule is CC(=N)Cn1c(=O)n(C2CC2)c(=O)c2c(C)c(Cn3nc[nH]c3=O)sc21. The Bertz CT molecular complexity index is 1200. The topological polar surface area (TPSA) is 119 Å². The number of nitrogens with one attached hydrogen (secondary N) is 2. The van der Waals surface area contributed by atoms with E-state index in [9.17, 15) is 14.4 Å². The van der Waals surface area contributed by atoms with Crippen molar-refractivity contribution in [2.75, 3.05) is 0 Å². The van der Waals surface area contributed by atoms with Gasteiger partial charge in [0.05, 0.1) is 18.5 Å². The maximum absolute atomic E-state index is 13.0. The van der Waals surface area contributed by atoms with Crippen molar-refractivity contribution in [1.29, 1.82) is 5.41 Å². The van der Waals surface area contributed by atoms with Gasteiger partial charge in [-0.1, -0.05) is 0 Å². The van der Waals surface area contributed by atoms with Gasteiger partial charge in [0.15, 0.2) is 0 Å². The van der Waals surface area contributed by atoms with Crippen LogP contribution >= 0.6 is 11.3 Å². The first-order chi connectivity index (χ1) is 12.4. The summed E-state index contributed by atoms with van der Waals surface area (Å²) in [6.45, 7) is 3.84. The smallest absolute Gasteiger partial charge is 0.308 e. The zero-order valence-electron chi connectivity index (χ0n) is 14.4. The molecule has 2 N–H and O–H groups in total. The molecule has 1 aliphatic carbocycles. The third-order valence-electron chi connectivity index (χ3n) is 4.56. The molecule has 0 radical (unpaired) electrons. The predicted molar refractivity (Wildman–Crippen MR) is 98.7 cm³/mol. The number of aromatic nitrogens is 5. The summed E-state index contributed by atoms with van der Waals surface area (Å²) >= 11 is 1.31. The summed E-state index contributed by atoms with van der Waals surface area (Å²) < 4.78 is 4.11. The number of rotatable bonds is 5. The molecule has 9 nitrogen and oxygen atoms in total. The lowest BCUT2D eigenvalue weighted by Gasteiger charge is -2.11. The number of aryl methyl sites for hydroxylation is 1. The van der Waals surface area contributed by atoms with Crippen LogP contribution in [0.4, 0.5) is 0 Å². The van der Waals surface area contributed by atoms with Gasteiger partial charge in [0, 0.05) is 16.6 Å². The molecule has 0 amide bonds. The fourth-order valence-corrected chi connectivity index (χ4v) is 4.39. The highest BCUT2D eigenvalue weighted by molar-refractivity contribution is 7.18. The molecule has 4 rings (SSSR count). The third kappa shape index (κ3) is 2.57. The zero-order chi connectivity index (χ0) is 18.6. The Kier molecular flexibility index (Phi) is 3.79. The van der Waals surface area contributed by atoms with Crippen molar-refractivity contribution in [2.24, 2.45) is 0 Å². The Hall–Kier alpha value is -2.75. The Labute approximate surface area is 151 Å². The molecule has 136 valence electrons. The molecular formula is C16H18N6O3S. The second-order valence-corrected chi connectivity index (χ2v) is 7.72. The maximum atomic E-state index is 13.0. The van der Waals surface area contributed by atoms with E-state index in [0.717, 1.165) is 23.3 Å². The molecule has 0 atom stereocenters. The van der Waals surface area contributed by atoms with Crippen molar-refractivity contribution in [2.45, 2.75) is 45.8 Å². The van der Waals surface area contributed by atoms with Crippen molar-refractivity contribution >= 4 is 27.3 Å². The van der Waals surface area contributed by atoms with Crippen LogP contribution < -0.4 is 16.9 Å². The largest absolute Gasteiger partial charge is 0.343 e. The van der Waals surface area contributed by atoms with Gasteiger partial charge in [0.25, 0.3) is 5.56 Å². The average molecular weight is 374 g/mol. The first-order valence-corrected chi connectivity index (χ1v) is 9.12. The van der Waals surface area contributed by atoms with Gasteiger partial charge >= 0.3 is 11.4 Å². The summed E-state index contributed by atoms with van der Waals surface area (Å²) in [5.41, 5.74) is 0.133. The maximum Gasteiger partial charge on any atom is 0.343 e. The number of thiophene rings is 1. The molecule has 3 aromatic rings. The van der Waals surface area contributed by atoms with Crippen LogP contribution in [0, 0.1) is 12.3 Å². The quantitative estimate of drug-likeness (QED) is 0.643. The zero-order valence-corrected chi connectivity index (χ0v) is 15.2. The van der Waals surface area contributed by atoms with Crippen molar-refractivity contribution in [1.82, 2.24) is 23.9 Å². The van der Waals surface area contributed by atoms with Crippen LogP contribution in [0.15, 0.2) is 20.7 Å². The molecule has 0 unspecified atom stereocenters. The third-order valence-corrected chi connectivity index (χ3v) is 5.86. The van der Waals surface area contributed by atoms with E-state index in [2.05, 4.69) is 10.1 Å². The van der Waals surface area contributed by atoms with E-state index in [1.54, 1.807) is 6.92 Å². The number of H-pyrrole nitrogens is 1. The molecule has 1 fully saturated rings. The summed E-state index contributed by atoms with van der Waals surface area (Å²) in [5.74, 6) is 0. The Morgan fingerprint density at radius 3 is 2.69 bits per heavy atom. The summed E-state index contributed by atoms with van der Waals surface area (Å²) in [5, 5.41) is 12.3. The van der Waals surface area contributed by atoms with Crippen LogP contribution in [-0.2, 0) is 13.1 Å². The van der Waals surface area contributed by atoms with Gasteiger partial charge in [0.1, 0.15) is 11.2 Å². The van der Waals surface area contributed by atoms with Gasteiger partial charge in [0.2, 0.25) is 0 Å². The highest BCUT2D eigenvalue weighted by atomic mass is 32.1. The molecule has 26 heavy (non-hydrogen) atoms. The molecular weight excluding hydrogens is 356 g/mol. The molecule has 3 heterocycles. The van der Waals surface area contributed by atoms with Gasteiger partial charge in [-0.2, -0.15) is 5.10 Å². The monoisotopic (exact) mass is 374 g/mol. The van der Waals surface area contributed by atoms with Crippen LogP contribution in [0.1, 0.15) is 36.2 Å². The normalized spacial score (nSPS) is 14.2. The number of fused-ring (bicyclic) bond motifs is 1. The lowest BCUT2D eigenvalue weighted by molar-refractivity contribution is 0.617. The van der Waals surface area contributed by atoms with E-state index >= 15 is 0 Å². The number of nitrogens with zero attached hydrogens (tertiary/aromatic N) is 4. The first-order valence-electron chi connectivity index (χ1n) is 8.30. The van der Waals surface area contributed by atoms with Crippen LogP contribution in [0.5, 0.6) is 0 Å². The number of hydrogen-bond donors (Lipinski definition) is 2. The van der Waals surface area contributed by atoms with Crippen LogP contribution in [-0.4, -0.2) is 29.6 Å². The van der Waals surface area contributed by atoms with E-state index in [-0.39, 0.29) is 36.1 Å². The Balaban J connectivity index is 1.99. The van der Waals surface area contributed by atoms with Crippen molar-refractivity contribution in [3.63, 3.8) is 0 Å². The lowest BCUT2D eigenvalue weighted by Crippen LogP contribution is -2.40. The Morgan fingerprint density at radius 1 is 1.38 bits per heavy atom. The van der Waals surface area contributed by atoms with E-state index in [4.69, 9.17) is 5.41 Å².